The summed E-state index contributed by atoms with van der Waals surface area (Å²) in [6.07, 6.45) is 11.1. The number of aryl methyl sites for hydroxylation is 1. The Hall–Kier alpha value is -2.70. The Balaban J connectivity index is 1.15. The minimum absolute atomic E-state index is 0.0721. The van der Waals surface area contributed by atoms with Crippen LogP contribution in [0.2, 0.25) is 0 Å². The molecule has 6 rings (SSSR count). The highest BCUT2D eigenvalue weighted by Gasteiger charge is 2.52. The maximum atomic E-state index is 9.56. The second-order valence-corrected chi connectivity index (χ2v) is 10.2. The van der Waals surface area contributed by atoms with E-state index >= 15 is 0 Å². The number of hydrogen-bond donors (Lipinski definition) is 1. The van der Waals surface area contributed by atoms with Crippen LogP contribution >= 0.6 is 0 Å². The molecule has 1 saturated carbocycles. The molecule has 0 radical (unpaired) electrons. The molecule has 0 atom stereocenters. The summed E-state index contributed by atoms with van der Waals surface area (Å²) in [7, 11) is 0. The van der Waals surface area contributed by atoms with Crippen molar-refractivity contribution in [3.05, 3.63) is 24.2 Å². The Labute approximate surface area is 188 Å². The highest BCUT2D eigenvalue weighted by Crippen LogP contribution is 2.43. The first-order chi connectivity index (χ1) is 15.6. The molecule has 32 heavy (non-hydrogen) atoms. The van der Waals surface area contributed by atoms with Crippen molar-refractivity contribution in [1.82, 2.24) is 24.6 Å². The minimum Gasteiger partial charge on any atom is -0.380 e. The largest absolute Gasteiger partial charge is 0.380 e. The van der Waals surface area contributed by atoms with E-state index in [4.69, 9.17) is 9.72 Å². The van der Waals surface area contributed by atoms with Gasteiger partial charge in [-0.3, -0.25) is 9.58 Å². The Bertz CT molecular complexity index is 1030. The number of piperidine rings is 1. The molecule has 9 nitrogen and oxygen atoms in total. The monoisotopic (exact) mass is 434 g/mol. The predicted molar refractivity (Wildman–Crippen MR) is 120 cm³/mol. The summed E-state index contributed by atoms with van der Waals surface area (Å²) in [6, 6.07) is 3.01. The van der Waals surface area contributed by atoms with Crippen molar-refractivity contribution in [2.45, 2.75) is 50.6 Å². The fourth-order valence-corrected chi connectivity index (χ4v) is 5.40. The van der Waals surface area contributed by atoms with Crippen LogP contribution in [0.4, 0.5) is 17.5 Å². The van der Waals surface area contributed by atoms with Gasteiger partial charge < -0.3 is 15.0 Å². The third-order valence-electron chi connectivity index (χ3n) is 7.71. The topological polar surface area (TPSA) is 95.1 Å². The van der Waals surface area contributed by atoms with Gasteiger partial charge in [-0.2, -0.15) is 15.3 Å². The molecule has 0 bridgehead atoms. The lowest BCUT2D eigenvalue weighted by atomic mass is 9.74. The van der Waals surface area contributed by atoms with Gasteiger partial charge in [0, 0.05) is 36.5 Å². The Kier molecular flexibility index (Phi) is 4.63. The Morgan fingerprint density at radius 1 is 1.22 bits per heavy atom. The summed E-state index contributed by atoms with van der Waals surface area (Å²) in [5, 5.41) is 17.3. The van der Waals surface area contributed by atoms with E-state index in [0.29, 0.717) is 23.8 Å². The molecule has 4 aliphatic rings. The second kappa shape index (κ2) is 7.42. The number of anilines is 3. The van der Waals surface area contributed by atoms with Crippen LogP contribution in [0.1, 0.15) is 43.7 Å². The van der Waals surface area contributed by atoms with Crippen LogP contribution in [0.5, 0.6) is 0 Å². The molecule has 9 heteroatoms. The normalized spacial score (nSPS) is 23.9. The lowest BCUT2D eigenvalue weighted by Gasteiger charge is -2.59. The number of likely N-dealkylation sites (tertiary alicyclic amines) is 1. The van der Waals surface area contributed by atoms with Crippen molar-refractivity contribution in [2.75, 3.05) is 49.6 Å². The Morgan fingerprint density at radius 2 is 2.00 bits per heavy atom. The van der Waals surface area contributed by atoms with E-state index in [1.165, 1.54) is 25.7 Å². The molecule has 0 unspecified atom stereocenters. The number of aromatic nitrogens is 4. The molecule has 5 heterocycles. The summed E-state index contributed by atoms with van der Waals surface area (Å²) >= 11 is 0. The van der Waals surface area contributed by atoms with Gasteiger partial charge in [-0.1, -0.05) is 0 Å². The third kappa shape index (κ3) is 3.42. The van der Waals surface area contributed by atoms with Gasteiger partial charge in [-0.25, -0.2) is 4.98 Å². The molecule has 1 aliphatic carbocycles. The smallest absolute Gasteiger partial charge is 0.229 e. The third-order valence-corrected chi connectivity index (χ3v) is 7.71. The SMILES string of the molecule is Cc1cnc(Nc2cnn(C3CC3)c2)nc1N1CC(CC#N)(N2CCC3(CC2)COC3)C1. The van der Waals surface area contributed by atoms with Gasteiger partial charge in [0.05, 0.1) is 49.2 Å². The highest BCUT2D eigenvalue weighted by molar-refractivity contribution is 5.57. The highest BCUT2D eigenvalue weighted by atomic mass is 16.5. The number of hydrogen-bond acceptors (Lipinski definition) is 8. The van der Waals surface area contributed by atoms with Crippen LogP contribution in [0.15, 0.2) is 18.6 Å². The average Bonchev–Trinajstić information content (AvgIpc) is 3.50. The maximum absolute atomic E-state index is 9.56. The quantitative estimate of drug-likeness (QED) is 0.741. The van der Waals surface area contributed by atoms with Crippen molar-refractivity contribution in [3.8, 4) is 6.07 Å². The van der Waals surface area contributed by atoms with E-state index in [2.05, 4.69) is 38.2 Å². The molecule has 1 spiro atoms. The lowest BCUT2D eigenvalue weighted by molar-refractivity contribution is -0.150. The zero-order valence-corrected chi connectivity index (χ0v) is 18.6. The molecule has 3 aliphatic heterocycles. The van der Waals surface area contributed by atoms with Crippen molar-refractivity contribution in [3.63, 3.8) is 0 Å². The molecule has 1 N–H and O–H groups in total. The van der Waals surface area contributed by atoms with Crippen LogP contribution in [0, 0.1) is 23.7 Å². The fourth-order valence-electron chi connectivity index (χ4n) is 5.40. The maximum Gasteiger partial charge on any atom is 0.229 e. The van der Waals surface area contributed by atoms with Gasteiger partial charge in [0.1, 0.15) is 5.82 Å². The first-order valence-corrected chi connectivity index (χ1v) is 11.7. The van der Waals surface area contributed by atoms with Gasteiger partial charge in [-0.15, -0.1) is 0 Å². The van der Waals surface area contributed by atoms with Crippen LogP contribution in [0.25, 0.3) is 0 Å². The molecular formula is C23H30N8O. The molecule has 2 aromatic heterocycles. The number of nitriles is 1. The zero-order valence-electron chi connectivity index (χ0n) is 18.6. The summed E-state index contributed by atoms with van der Waals surface area (Å²) in [4.78, 5) is 14.2. The molecule has 168 valence electrons. The van der Waals surface area contributed by atoms with Crippen molar-refractivity contribution in [2.24, 2.45) is 5.41 Å². The zero-order chi connectivity index (χ0) is 21.8. The van der Waals surface area contributed by atoms with E-state index in [9.17, 15) is 5.26 Å². The average molecular weight is 435 g/mol. The van der Waals surface area contributed by atoms with Gasteiger partial charge in [0.25, 0.3) is 0 Å². The summed E-state index contributed by atoms with van der Waals surface area (Å²) in [5.41, 5.74) is 2.30. The standard InChI is InChI=1S/C23H30N8O/c1-17-10-25-21(27-18-11-26-31(12-18)19-2-3-19)28-20(17)29-13-23(14-29,4-7-24)30-8-5-22(6-9-30)15-32-16-22/h10-12,19H,2-6,8-9,13-16H2,1H3,(H,25,27,28). The van der Waals surface area contributed by atoms with E-state index in [0.717, 1.165) is 56.5 Å². The lowest BCUT2D eigenvalue weighted by Crippen LogP contribution is -2.72. The molecular weight excluding hydrogens is 404 g/mol. The van der Waals surface area contributed by atoms with Crippen molar-refractivity contribution < 1.29 is 4.74 Å². The van der Waals surface area contributed by atoms with E-state index in [1.54, 1.807) is 0 Å². The molecule has 2 aromatic rings. The predicted octanol–water partition coefficient (Wildman–Crippen LogP) is 2.64. The second-order valence-electron chi connectivity index (χ2n) is 10.2. The van der Waals surface area contributed by atoms with Gasteiger partial charge in [0.2, 0.25) is 5.95 Å². The number of rotatable bonds is 6. The van der Waals surface area contributed by atoms with E-state index < -0.39 is 0 Å². The molecule has 3 saturated heterocycles. The number of ether oxygens (including phenoxy) is 1. The summed E-state index contributed by atoms with van der Waals surface area (Å²) in [5.74, 6) is 1.54. The fraction of sp³-hybridized carbons (Fsp3) is 0.652. The van der Waals surface area contributed by atoms with Gasteiger partial charge in [0.15, 0.2) is 0 Å². The van der Waals surface area contributed by atoms with Crippen molar-refractivity contribution in [1.29, 1.82) is 5.26 Å². The first kappa shape index (κ1) is 19.9. The molecule has 0 amide bonds. The van der Waals surface area contributed by atoms with Gasteiger partial charge >= 0.3 is 0 Å². The van der Waals surface area contributed by atoms with Crippen LogP contribution in [-0.2, 0) is 4.74 Å². The van der Waals surface area contributed by atoms with Crippen molar-refractivity contribution >= 4 is 17.5 Å². The molecule has 0 aromatic carbocycles. The van der Waals surface area contributed by atoms with Gasteiger partial charge in [-0.05, 0) is 45.7 Å². The minimum atomic E-state index is -0.0721. The summed E-state index contributed by atoms with van der Waals surface area (Å²) in [6.45, 7) is 7.65. The van der Waals surface area contributed by atoms with Crippen LogP contribution in [-0.4, -0.2) is 69.6 Å². The summed E-state index contributed by atoms with van der Waals surface area (Å²) < 4.78 is 7.49. The number of nitrogens with zero attached hydrogens (tertiary/aromatic N) is 7. The Morgan fingerprint density at radius 3 is 2.66 bits per heavy atom. The van der Waals surface area contributed by atoms with E-state index in [-0.39, 0.29) is 5.54 Å². The number of nitrogens with one attached hydrogen (secondary N) is 1. The molecule has 4 fully saturated rings. The first-order valence-electron chi connectivity index (χ1n) is 11.7. The van der Waals surface area contributed by atoms with Crippen LogP contribution < -0.4 is 10.2 Å². The van der Waals surface area contributed by atoms with Crippen LogP contribution in [0.3, 0.4) is 0 Å². The van der Waals surface area contributed by atoms with E-state index in [1.807, 2.05) is 23.3 Å².